The molecular formula is C10H8F2N4O2S. The van der Waals surface area contributed by atoms with Gasteiger partial charge in [-0.2, -0.15) is 18.7 Å². The summed E-state index contributed by atoms with van der Waals surface area (Å²) in [5.74, 6) is -1.11. The molecule has 0 fully saturated rings. The van der Waals surface area contributed by atoms with Crippen molar-refractivity contribution in [3.05, 3.63) is 36.3 Å². The van der Waals surface area contributed by atoms with Gasteiger partial charge in [-0.25, -0.2) is 4.21 Å². The van der Waals surface area contributed by atoms with E-state index in [0.29, 0.717) is 5.69 Å². The van der Waals surface area contributed by atoms with E-state index in [1.54, 1.807) is 0 Å². The topological polar surface area (TPSA) is 101 Å². The van der Waals surface area contributed by atoms with E-state index in [-0.39, 0.29) is 16.4 Å². The van der Waals surface area contributed by atoms with Gasteiger partial charge in [-0.15, -0.1) is 0 Å². The second-order valence-corrected chi connectivity index (χ2v) is 4.41. The first-order chi connectivity index (χ1) is 8.95. The highest BCUT2D eigenvalue weighted by molar-refractivity contribution is 7.79. The molecule has 0 radical (unpaired) electrons. The van der Waals surface area contributed by atoms with Gasteiger partial charge in [0.25, 0.3) is 0 Å². The molecule has 0 bridgehead atoms. The third-order valence-corrected chi connectivity index (χ3v) is 2.89. The van der Waals surface area contributed by atoms with Crippen molar-refractivity contribution in [2.24, 2.45) is 0 Å². The molecule has 2 rings (SSSR count). The molecule has 0 saturated carbocycles. The third-order valence-electron chi connectivity index (χ3n) is 2.14. The molecule has 1 aromatic heterocycles. The lowest BCUT2D eigenvalue weighted by atomic mass is 10.3. The van der Waals surface area contributed by atoms with Crippen molar-refractivity contribution < 1.29 is 17.5 Å². The molecule has 0 spiro atoms. The monoisotopic (exact) mass is 286 g/mol. The molecule has 19 heavy (non-hydrogen) atoms. The average molecular weight is 286 g/mol. The van der Waals surface area contributed by atoms with Gasteiger partial charge in [0.2, 0.25) is 5.95 Å². The van der Waals surface area contributed by atoms with Crippen molar-refractivity contribution in [1.82, 2.24) is 9.97 Å². The highest BCUT2D eigenvalue weighted by Gasteiger charge is 2.08. The Morgan fingerprint density at radius 3 is 2.58 bits per heavy atom. The van der Waals surface area contributed by atoms with Crippen molar-refractivity contribution in [3.8, 4) is 0 Å². The van der Waals surface area contributed by atoms with Crippen LogP contribution in [0.15, 0.2) is 29.2 Å². The van der Waals surface area contributed by atoms with Crippen LogP contribution in [0.3, 0.4) is 0 Å². The lowest BCUT2D eigenvalue weighted by molar-refractivity contribution is 0.485. The maximum Gasteiger partial charge on any atom is 0.313 e. The molecule has 0 saturated heterocycles. The predicted molar refractivity (Wildman–Crippen MR) is 65.1 cm³/mol. The number of hydrogen-bond acceptors (Lipinski definition) is 5. The van der Waals surface area contributed by atoms with E-state index in [2.05, 4.69) is 15.3 Å². The number of nitrogen functional groups attached to an aromatic ring is 1. The van der Waals surface area contributed by atoms with E-state index < -0.39 is 23.1 Å². The molecule has 1 atom stereocenters. The summed E-state index contributed by atoms with van der Waals surface area (Å²) in [7, 11) is 0. The van der Waals surface area contributed by atoms with Crippen LogP contribution in [-0.2, 0) is 11.1 Å². The predicted octanol–water partition coefficient (Wildman–Crippen LogP) is 1.66. The number of halogens is 2. The number of nitrogens with two attached hydrogens (primary N) is 1. The fourth-order valence-electron chi connectivity index (χ4n) is 1.39. The molecule has 4 N–H and O–H groups in total. The van der Waals surface area contributed by atoms with Gasteiger partial charge in [0, 0.05) is 11.8 Å². The van der Waals surface area contributed by atoms with Gasteiger partial charge in [0.05, 0.1) is 10.6 Å². The van der Waals surface area contributed by atoms with Crippen molar-refractivity contribution in [3.63, 3.8) is 0 Å². The molecule has 9 heteroatoms. The number of nitrogens with zero attached hydrogens (tertiary/aromatic N) is 2. The highest BCUT2D eigenvalue weighted by Crippen LogP contribution is 2.22. The number of anilines is 3. The Bertz CT molecular complexity index is 633. The van der Waals surface area contributed by atoms with Gasteiger partial charge >= 0.3 is 6.08 Å². The molecule has 0 aliphatic heterocycles. The van der Waals surface area contributed by atoms with Crippen LogP contribution in [0.2, 0.25) is 0 Å². The molecule has 2 aromatic rings. The molecule has 1 aromatic carbocycles. The van der Waals surface area contributed by atoms with Crippen molar-refractivity contribution in [2.75, 3.05) is 11.1 Å². The summed E-state index contributed by atoms with van der Waals surface area (Å²) in [6.45, 7) is 0. The summed E-state index contributed by atoms with van der Waals surface area (Å²) in [6, 6.07) is 5.00. The molecule has 1 unspecified atom stereocenters. The van der Waals surface area contributed by atoms with E-state index in [1.165, 1.54) is 18.2 Å². The van der Waals surface area contributed by atoms with Gasteiger partial charge < -0.3 is 15.6 Å². The number of rotatable bonds is 3. The fraction of sp³-hybridized carbons (Fsp3) is 0. The van der Waals surface area contributed by atoms with Gasteiger partial charge in [0.1, 0.15) is 5.82 Å². The number of aromatic nitrogens is 2. The van der Waals surface area contributed by atoms with E-state index in [0.717, 1.165) is 6.07 Å². The van der Waals surface area contributed by atoms with Crippen LogP contribution in [0.5, 0.6) is 0 Å². The Morgan fingerprint density at radius 1 is 1.26 bits per heavy atom. The number of hydrogen-bond donors (Lipinski definition) is 3. The quantitative estimate of drug-likeness (QED) is 0.343. The Balaban J connectivity index is 2.28. The normalized spacial score (nSPS) is 12.2. The van der Waals surface area contributed by atoms with Gasteiger partial charge in [-0.3, -0.25) is 0 Å². The van der Waals surface area contributed by atoms with Crippen LogP contribution in [0.4, 0.5) is 26.0 Å². The van der Waals surface area contributed by atoms with Crippen LogP contribution in [0.25, 0.3) is 0 Å². The fourth-order valence-corrected chi connectivity index (χ4v) is 1.83. The van der Waals surface area contributed by atoms with Crippen molar-refractivity contribution in [2.45, 2.75) is 4.90 Å². The summed E-state index contributed by atoms with van der Waals surface area (Å²) in [5, 5.41) is 2.60. The molecule has 1 heterocycles. The highest BCUT2D eigenvalue weighted by atomic mass is 32.2. The van der Waals surface area contributed by atoms with Crippen LogP contribution < -0.4 is 11.1 Å². The van der Waals surface area contributed by atoms with Gasteiger partial charge in [-0.1, -0.05) is 0 Å². The van der Waals surface area contributed by atoms with Crippen molar-refractivity contribution >= 4 is 28.3 Å². The summed E-state index contributed by atoms with van der Waals surface area (Å²) < 4.78 is 45.4. The summed E-state index contributed by atoms with van der Waals surface area (Å²) in [6.07, 6.45) is -1.21. The molecule has 0 aliphatic carbocycles. The summed E-state index contributed by atoms with van der Waals surface area (Å²) in [5.41, 5.74) is 6.00. The van der Waals surface area contributed by atoms with Gasteiger partial charge in [0.15, 0.2) is 11.1 Å². The van der Waals surface area contributed by atoms with E-state index in [1.807, 2.05) is 0 Å². The minimum absolute atomic E-state index is 0.0469. The number of nitrogens with one attached hydrogen (secondary N) is 1. The van der Waals surface area contributed by atoms with Crippen LogP contribution in [0.1, 0.15) is 0 Å². The van der Waals surface area contributed by atoms with Crippen molar-refractivity contribution in [1.29, 1.82) is 0 Å². The van der Waals surface area contributed by atoms with E-state index >= 15 is 0 Å². The first-order valence-corrected chi connectivity index (χ1v) is 6.04. The van der Waals surface area contributed by atoms with Crippen LogP contribution in [-0.4, -0.2) is 18.7 Å². The maximum absolute atomic E-state index is 12.9. The minimum atomic E-state index is -2.20. The molecule has 6 nitrogen and oxygen atoms in total. The van der Waals surface area contributed by atoms with Crippen LogP contribution in [0, 0.1) is 12.0 Å². The minimum Gasteiger partial charge on any atom is -0.398 e. The number of benzene rings is 1. The molecular weight excluding hydrogens is 278 g/mol. The largest absolute Gasteiger partial charge is 0.398 e. The zero-order chi connectivity index (χ0) is 14.0. The van der Waals surface area contributed by atoms with Gasteiger partial charge in [-0.05, 0) is 18.2 Å². The first-order valence-electron chi connectivity index (χ1n) is 4.93. The molecule has 0 aliphatic rings. The Morgan fingerprint density at radius 2 is 2.00 bits per heavy atom. The third kappa shape index (κ3) is 3.20. The average Bonchev–Trinajstić information content (AvgIpc) is 2.26. The second-order valence-electron chi connectivity index (χ2n) is 3.47. The second kappa shape index (κ2) is 5.24. The Labute approximate surface area is 109 Å². The smallest absolute Gasteiger partial charge is 0.313 e. The summed E-state index contributed by atoms with van der Waals surface area (Å²) >= 11 is -2.20. The Kier molecular flexibility index (Phi) is 3.67. The van der Waals surface area contributed by atoms with E-state index in [4.69, 9.17) is 10.3 Å². The summed E-state index contributed by atoms with van der Waals surface area (Å²) in [4.78, 5) is 6.23. The SMILES string of the molecule is Nc1cc(Nc2cc(F)nc(F)n2)ccc1S(=O)O. The van der Waals surface area contributed by atoms with E-state index in [9.17, 15) is 13.0 Å². The zero-order valence-electron chi connectivity index (χ0n) is 9.30. The van der Waals surface area contributed by atoms with Crippen LogP contribution >= 0.6 is 0 Å². The lowest BCUT2D eigenvalue weighted by Gasteiger charge is -2.08. The Hall–Kier alpha value is -2.13. The standard InChI is InChI=1S/C10H8F2N4O2S/c11-8-4-9(16-10(12)15-8)14-5-1-2-7(19(17)18)6(13)3-5/h1-4H,13H2,(H,17,18)(H,14,15,16). The molecule has 100 valence electrons. The lowest BCUT2D eigenvalue weighted by Crippen LogP contribution is -2.02. The zero-order valence-corrected chi connectivity index (χ0v) is 10.1. The first kappa shape index (κ1) is 13.3. The molecule has 0 amide bonds. The maximum atomic E-state index is 12.9.